The zero-order chi connectivity index (χ0) is 17.4. The lowest BCUT2D eigenvalue weighted by Crippen LogP contribution is -2.42. The lowest BCUT2D eigenvalue weighted by Gasteiger charge is -2.18. The van der Waals surface area contributed by atoms with E-state index in [4.69, 9.17) is 4.74 Å². The molecule has 0 bridgehead atoms. The summed E-state index contributed by atoms with van der Waals surface area (Å²) < 4.78 is 5.26. The van der Waals surface area contributed by atoms with Crippen LogP contribution in [0.2, 0.25) is 0 Å². The van der Waals surface area contributed by atoms with Crippen LogP contribution in [-0.2, 0) is 24.3 Å². The number of halogens is 1. The molecule has 6 heteroatoms. The third-order valence-corrected chi connectivity index (χ3v) is 4.80. The van der Waals surface area contributed by atoms with Gasteiger partial charge in [-0.05, 0) is 37.1 Å². The van der Waals surface area contributed by atoms with Gasteiger partial charge in [-0.2, -0.15) is 0 Å². The summed E-state index contributed by atoms with van der Waals surface area (Å²) in [4.78, 5) is 7.08. The molecule has 0 saturated heterocycles. The van der Waals surface area contributed by atoms with E-state index in [0.29, 0.717) is 12.6 Å². The molecule has 2 N–H and O–H groups in total. The second kappa shape index (κ2) is 11.5. The third-order valence-electron chi connectivity index (χ3n) is 3.77. The summed E-state index contributed by atoms with van der Waals surface area (Å²) in [5, 5.41) is 6.85. The third kappa shape index (κ3) is 7.33. The smallest absolute Gasteiger partial charge is 0.191 e. The van der Waals surface area contributed by atoms with Gasteiger partial charge >= 0.3 is 0 Å². The van der Waals surface area contributed by atoms with Crippen molar-refractivity contribution in [2.75, 3.05) is 14.2 Å². The minimum absolute atomic E-state index is 0. The summed E-state index contributed by atoms with van der Waals surface area (Å²) >= 11 is 1.85. The fraction of sp³-hybridized carbons (Fsp3) is 0.421. The number of nitrogens with one attached hydrogen (secondary N) is 2. The minimum atomic E-state index is 0. The van der Waals surface area contributed by atoms with E-state index >= 15 is 0 Å². The molecule has 0 amide bonds. The second-order valence-corrected chi connectivity index (χ2v) is 7.26. The Labute approximate surface area is 172 Å². The lowest BCUT2D eigenvalue weighted by molar-refractivity contribution is 0.184. The predicted octanol–water partition coefficient (Wildman–Crippen LogP) is 4.12. The molecule has 0 aliphatic carbocycles. The van der Waals surface area contributed by atoms with Gasteiger partial charge in [-0.15, -0.1) is 35.3 Å². The number of hydrogen-bond donors (Lipinski definition) is 2. The number of aryl methyl sites for hydroxylation is 1. The van der Waals surface area contributed by atoms with Crippen molar-refractivity contribution in [1.29, 1.82) is 0 Å². The van der Waals surface area contributed by atoms with Gasteiger partial charge < -0.3 is 15.4 Å². The number of thiophene rings is 1. The van der Waals surface area contributed by atoms with Crippen molar-refractivity contribution >= 4 is 41.3 Å². The highest BCUT2D eigenvalue weighted by atomic mass is 127. The number of rotatable bonds is 7. The standard InChI is InChI=1S/C19H27N3OS.HI/c1-14(11-18-10-9-15(2)24-18)22-19(20-3)21-12-16-7-5-6-8-17(16)13-23-4;/h5-10,14H,11-13H2,1-4H3,(H2,20,21,22);1H. The minimum Gasteiger partial charge on any atom is -0.380 e. The Hall–Kier alpha value is -1.12. The molecule has 25 heavy (non-hydrogen) atoms. The maximum atomic E-state index is 5.26. The number of ether oxygens (including phenoxy) is 1. The van der Waals surface area contributed by atoms with Crippen molar-refractivity contribution in [3.05, 3.63) is 57.3 Å². The van der Waals surface area contributed by atoms with E-state index in [2.05, 4.69) is 53.7 Å². The molecule has 1 aromatic heterocycles. The van der Waals surface area contributed by atoms with Gasteiger partial charge in [0.2, 0.25) is 0 Å². The average Bonchev–Trinajstić information content (AvgIpc) is 2.97. The molecule has 0 spiro atoms. The molecule has 1 unspecified atom stereocenters. The molecule has 1 atom stereocenters. The summed E-state index contributed by atoms with van der Waals surface area (Å²) in [5.74, 6) is 0.822. The monoisotopic (exact) mass is 473 g/mol. The molecule has 0 saturated carbocycles. The van der Waals surface area contributed by atoms with E-state index in [0.717, 1.165) is 18.9 Å². The van der Waals surface area contributed by atoms with E-state index in [-0.39, 0.29) is 24.0 Å². The fourth-order valence-corrected chi connectivity index (χ4v) is 3.60. The summed E-state index contributed by atoms with van der Waals surface area (Å²) in [6, 6.07) is 13.0. The van der Waals surface area contributed by atoms with Gasteiger partial charge in [-0.3, -0.25) is 4.99 Å². The summed E-state index contributed by atoms with van der Waals surface area (Å²) in [7, 11) is 3.52. The first-order chi connectivity index (χ1) is 11.6. The van der Waals surface area contributed by atoms with Crippen molar-refractivity contribution in [2.45, 2.75) is 39.5 Å². The van der Waals surface area contributed by atoms with Crippen LogP contribution in [0, 0.1) is 6.92 Å². The molecule has 1 aromatic carbocycles. The number of nitrogens with zero attached hydrogens (tertiary/aromatic N) is 1. The summed E-state index contributed by atoms with van der Waals surface area (Å²) in [6.07, 6.45) is 0.999. The van der Waals surface area contributed by atoms with E-state index in [1.54, 1.807) is 14.2 Å². The van der Waals surface area contributed by atoms with E-state index in [9.17, 15) is 0 Å². The molecule has 0 aliphatic rings. The Morgan fingerprint density at radius 2 is 1.92 bits per heavy atom. The lowest BCUT2D eigenvalue weighted by atomic mass is 10.1. The summed E-state index contributed by atoms with van der Waals surface area (Å²) in [5.41, 5.74) is 2.42. The maximum Gasteiger partial charge on any atom is 0.191 e. The first-order valence-electron chi connectivity index (χ1n) is 8.20. The van der Waals surface area contributed by atoms with Crippen LogP contribution in [0.3, 0.4) is 0 Å². The molecule has 0 radical (unpaired) electrons. The first kappa shape index (κ1) is 21.9. The Morgan fingerprint density at radius 3 is 2.52 bits per heavy atom. The molecule has 138 valence electrons. The zero-order valence-corrected chi connectivity index (χ0v) is 18.5. The predicted molar refractivity (Wildman–Crippen MR) is 118 cm³/mol. The van der Waals surface area contributed by atoms with Crippen LogP contribution in [0.15, 0.2) is 41.4 Å². The molecule has 4 nitrogen and oxygen atoms in total. The Balaban J connectivity index is 0.00000312. The molecule has 0 fully saturated rings. The summed E-state index contributed by atoms with van der Waals surface area (Å²) in [6.45, 7) is 5.67. The van der Waals surface area contributed by atoms with Crippen molar-refractivity contribution in [3.8, 4) is 0 Å². The van der Waals surface area contributed by atoms with Crippen molar-refractivity contribution in [2.24, 2.45) is 4.99 Å². The molecular formula is C19H28IN3OS. The van der Waals surface area contributed by atoms with Gasteiger partial charge in [0.25, 0.3) is 0 Å². The quantitative estimate of drug-likeness (QED) is 0.362. The van der Waals surface area contributed by atoms with Gasteiger partial charge in [0.1, 0.15) is 0 Å². The van der Waals surface area contributed by atoms with Crippen molar-refractivity contribution in [3.63, 3.8) is 0 Å². The van der Waals surface area contributed by atoms with Gasteiger partial charge in [-0.25, -0.2) is 0 Å². The fourth-order valence-electron chi connectivity index (χ4n) is 2.58. The Morgan fingerprint density at radius 1 is 1.20 bits per heavy atom. The largest absolute Gasteiger partial charge is 0.380 e. The Kier molecular flexibility index (Phi) is 10.1. The van der Waals surface area contributed by atoms with Crippen LogP contribution in [0.1, 0.15) is 27.8 Å². The number of hydrogen-bond acceptors (Lipinski definition) is 3. The van der Waals surface area contributed by atoms with E-state index in [1.807, 2.05) is 23.5 Å². The molecule has 2 aromatic rings. The van der Waals surface area contributed by atoms with Crippen molar-refractivity contribution in [1.82, 2.24) is 10.6 Å². The van der Waals surface area contributed by atoms with Crippen LogP contribution < -0.4 is 10.6 Å². The van der Waals surface area contributed by atoms with E-state index < -0.39 is 0 Å². The van der Waals surface area contributed by atoms with Crippen LogP contribution >= 0.6 is 35.3 Å². The van der Waals surface area contributed by atoms with E-state index in [1.165, 1.54) is 20.9 Å². The normalized spacial score (nSPS) is 12.4. The number of aliphatic imine (C=N–C) groups is 1. The Bertz CT molecular complexity index is 672. The number of guanidine groups is 1. The van der Waals surface area contributed by atoms with Gasteiger partial charge in [-0.1, -0.05) is 24.3 Å². The molecular weight excluding hydrogens is 445 g/mol. The SMILES string of the molecule is CN=C(NCc1ccccc1COC)NC(C)Cc1ccc(C)s1.I. The van der Waals surface area contributed by atoms with Gasteiger partial charge in [0.15, 0.2) is 5.96 Å². The number of benzene rings is 1. The van der Waals surface area contributed by atoms with Crippen molar-refractivity contribution < 1.29 is 4.74 Å². The van der Waals surface area contributed by atoms with Crippen LogP contribution in [0.4, 0.5) is 0 Å². The highest BCUT2D eigenvalue weighted by Gasteiger charge is 2.08. The topological polar surface area (TPSA) is 45.7 Å². The second-order valence-electron chi connectivity index (χ2n) is 5.89. The highest BCUT2D eigenvalue weighted by Crippen LogP contribution is 2.16. The maximum absolute atomic E-state index is 5.26. The zero-order valence-electron chi connectivity index (χ0n) is 15.3. The van der Waals surface area contributed by atoms with Crippen LogP contribution in [-0.4, -0.2) is 26.2 Å². The molecule has 1 heterocycles. The molecule has 2 rings (SSSR count). The number of methoxy groups -OCH3 is 1. The highest BCUT2D eigenvalue weighted by molar-refractivity contribution is 14.0. The molecule has 0 aliphatic heterocycles. The van der Waals surface area contributed by atoms with Crippen LogP contribution in [0.25, 0.3) is 0 Å². The average molecular weight is 473 g/mol. The van der Waals surface area contributed by atoms with Gasteiger partial charge in [0, 0.05) is 42.9 Å². The first-order valence-corrected chi connectivity index (χ1v) is 9.02. The van der Waals surface area contributed by atoms with Crippen LogP contribution in [0.5, 0.6) is 0 Å². The van der Waals surface area contributed by atoms with Gasteiger partial charge in [0.05, 0.1) is 6.61 Å².